The van der Waals surface area contributed by atoms with Gasteiger partial charge in [-0.3, -0.25) is 4.79 Å². The van der Waals surface area contributed by atoms with E-state index in [0.717, 1.165) is 24.3 Å². The fourth-order valence-corrected chi connectivity index (χ4v) is 1.52. The van der Waals surface area contributed by atoms with Gasteiger partial charge in [0, 0.05) is 13.6 Å². The van der Waals surface area contributed by atoms with Crippen LogP contribution in [0.2, 0.25) is 0 Å². The summed E-state index contributed by atoms with van der Waals surface area (Å²) in [4.78, 5) is 11.0. The number of ether oxygens (including phenoxy) is 1. The van der Waals surface area contributed by atoms with Crippen molar-refractivity contribution in [3.05, 3.63) is 29.8 Å². The number of amides is 1. The number of likely N-dealkylation sites (N-methyl/N-ethyl adjacent to an activating group) is 1. The van der Waals surface area contributed by atoms with E-state index in [1.54, 1.807) is 7.05 Å². The van der Waals surface area contributed by atoms with Crippen molar-refractivity contribution in [3.63, 3.8) is 0 Å². The molecule has 0 bridgehead atoms. The SMILES string of the molecule is CNC(=O)CNCc1ccc(OCCC(C)C)cc1. The van der Waals surface area contributed by atoms with Crippen LogP contribution in [0.25, 0.3) is 0 Å². The van der Waals surface area contributed by atoms with Crippen LogP contribution >= 0.6 is 0 Å². The van der Waals surface area contributed by atoms with Crippen molar-refractivity contribution >= 4 is 5.91 Å². The Balaban J connectivity index is 2.29. The molecule has 19 heavy (non-hydrogen) atoms. The average Bonchev–Trinajstić information content (AvgIpc) is 2.40. The molecule has 0 aliphatic carbocycles. The van der Waals surface area contributed by atoms with Gasteiger partial charge in [0.2, 0.25) is 5.91 Å². The van der Waals surface area contributed by atoms with E-state index in [-0.39, 0.29) is 5.91 Å². The predicted molar refractivity (Wildman–Crippen MR) is 77.2 cm³/mol. The molecule has 1 aromatic rings. The van der Waals surface area contributed by atoms with E-state index < -0.39 is 0 Å². The molecule has 106 valence electrons. The monoisotopic (exact) mass is 264 g/mol. The van der Waals surface area contributed by atoms with Gasteiger partial charge in [0.05, 0.1) is 13.2 Å². The number of carbonyl (C=O) groups excluding carboxylic acids is 1. The minimum absolute atomic E-state index is 0.00589. The number of hydrogen-bond donors (Lipinski definition) is 2. The van der Waals surface area contributed by atoms with Crippen LogP contribution < -0.4 is 15.4 Å². The summed E-state index contributed by atoms with van der Waals surface area (Å²) < 4.78 is 5.65. The number of hydrogen-bond acceptors (Lipinski definition) is 3. The van der Waals surface area contributed by atoms with Gasteiger partial charge in [0.15, 0.2) is 0 Å². The molecule has 4 heteroatoms. The molecule has 1 amide bonds. The predicted octanol–water partition coefficient (Wildman–Crippen LogP) is 1.95. The van der Waals surface area contributed by atoms with Gasteiger partial charge in [-0.2, -0.15) is 0 Å². The second-order valence-electron chi connectivity index (χ2n) is 4.95. The summed E-state index contributed by atoms with van der Waals surface area (Å²) in [5.74, 6) is 1.55. The lowest BCUT2D eigenvalue weighted by Gasteiger charge is -2.09. The minimum Gasteiger partial charge on any atom is -0.494 e. The molecule has 0 aliphatic heterocycles. The van der Waals surface area contributed by atoms with E-state index in [9.17, 15) is 4.79 Å². The smallest absolute Gasteiger partial charge is 0.233 e. The molecule has 0 fully saturated rings. The van der Waals surface area contributed by atoms with Gasteiger partial charge in [-0.05, 0) is 30.0 Å². The van der Waals surface area contributed by atoms with Crippen molar-refractivity contribution in [1.29, 1.82) is 0 Å². The van der Waals surface area contributed by atoms with Crippen LogP contribution in [-0.2, 0) is 11.3 Å². The van der Waals surface area contributed by atoms with Gasteiger partial charge in [0.1, 0.15) is 5.75 Å². The lowest BCUT2D eigenvalue weighted by Crippen LogP contribution is -2.30. The number of benzene rings is 1. The van der Waals surface area contributed by atoms with Crippen molar-refractivity contribution in [2.75, 3.05) is 20.2 Å². The van der Waals surface area contributed by atoms with E-state index >= 15 is 0 Å². The molecule has 0 unspecified atom stereocenters. The van der Waals surface area contributed by atoms with Crippen LogP contribution in [0, 0.1) is 5.92 Å². The molecule has 0 atom stereocenters. The van der Waals surface area contributed by atoms with E-state index in [0.29, 0.717) is 19.0 Å². The van der Waals surface area contributed by atoms with Gasteiger partial charge in [-0.15, -0.1) is 0 Å². The average molecular weight is 264 g/mol. The van der Waals surface area contributed by atoms with E-state index in [2.05, 4.69) is 24.5 Å². The summed E-state index contributed by atoms with van der Waals surface area (Å²) >= 11 is 0. The zero-order chi connectivity index (χ0) is 14.1. The molecule has 0 saturated heterocycles. The molecule has 0 aliphatic rings. The number of nitrogens with one attached hydrogen (secondary N) is 2. The molecule has 0 spiro atoms. The standard InChI is InChI=1S/C15H24N2O2/c1-12(2)8-9-19-14-6-4-13(5-7-14)10-17-11-15(18)16-3/h4-7,12,17H,8-11H2,1-3H3,(H,16,18). The van der Waals surface area contributed by atoms with Crippen molar-refractivity contribution in [2.45, 2.75) is 26.8 Å². The maximum Gasteiger partial charge on any atom is 0.233 e. The molecule has 4 nitrogen and oxygen atoms in total. The Morgan fingerprint density at radius 1 is 1.26 bits per heavy atom. The highest BCUT2D eigenvalue weighted by atomic mass is 16.5. The Morgan fingerprint density at radius 2 is 1.95 bits per heavy atom. The zero-order valence-corrected chi connectivity index (χ0v) is 12.0. The molecule has 2 N–H and O–H groups in total. The summed E-state index contributed by atoms with van der Waals surface area (Å²) in [5, 5.41) is 5.65. The maximum absolute atomic E-state index is 11.0. The second-order valence-corrected chi connectivity index (χ2v) is 4.95. The molecular formula is C15H24N2O2. The van der Waals surface area contributed by atoms with Crippen LogP contribution in [0.5, 0.6) is 5.75 Å². The molecule has 0 radical (unpaired) electrons. The Labute approximate surface area is 115 Å². The van der Waals surface area contributed by atoms with Crippen molar-refractivity contribution in [2.24, 2.45) is 5.92 Å². The highest BCUT2D eigenvalue weighted by Crippen LogP contribution is 2.13. The Kier molecular flexibility index (Phi) is 6.97. The van der Waals surface area contributed by atoms with Gasteiger partial charge in [-0.1, -0.05) is 26.0 Å². The number of carbonyl (C=O) groups is 1. The first-order valence-electron chi connectivity index (χ1n) is 6.75. The Hall–Kier alpha value is -1.55. The van der Waals surface area contributed by atoms with E-state index in [1.165, 1.54) is 0 Å². The fourth-order valence-electron chi connectivity index (χ4n) is 1.52. The second kappa shape index (κ2) is 8.53. The van der Waals surface area contributed by atoms with Crippen molar-refractivity contribution in [3.8, 4) is 5.75 Å². The third-order valence-electron chi connectivity index (χ3n) is 2.78. The zero-order valence-electron chi connectivity index (χ0n) is 12.0. The first kappa shape index (κ1) is 15.5. The molecular weight excluding hydrogens is 240 g/mol. The summed E-state index contributed by atoms with van der Waals surface area (Å²) in [6.45, 7) is 6.14. The summed E-state index contributed by atoms with van der Waals surface area (Å²) in [6.07, 6.45) is 1.06. The Morgan fingerprint density at radius 3 is 2.53 bits per heavy atom. The van der Waals surface area contributed by atoms with Crippen LogP contribution in [0.15, 0.2) is 24.3 Å². The van der Waals surface area contributed by atoms with Gasteiger partial charge < -0.3 is 15.4 Å². The number of rotatable bonds is 8. The van der Waals surface area contributed by atoms with Crippen molar-refractivity contribution < 1.29 is 9.53 Å². The van der Waals surface area contributed by atoms with Crippen LogP contribution in [0.3, 0.4) is 0 Å². The van der Waals surface area contributed by atoms with Crippen LogP contribution in [0.4, 0.5) is 0 Å². The first-order chi connectivity index (χ1) is 9.11. The van der Waals surface area contributed by atoms with Gasteiger partial charge in [-0.25, -0.2) is 0 Å². The molecule has 0 saturated carbocycles. The largest absolute Gasteiger partial charge is 0.494 e. The lowest BCUT2D eigenvalue weighted by molar-refractivity contribution is -0.119. The maximum atomic E-state index is 11.0. The van der Waals surface area contributed by atoms with E-state index in [1.807, 2.05) is 24.3 Å². The highest BCUT2D eigenvalue weighted by molar-refractivity contribution is 5.77. The molecule has 0 aromatic heterocycles. The van der Waals surface area contributed by atoms with E-state index in [4.69, 9.17) is 4.74 Å². The quantitative estimate of drug-likeness (QED) is 0.754. The normalized spacial score (nSPS) is 10.5. The molecule has 1 rings (SSSR count). The molecule has 0 heterocycles. The lowest BCUT2D eigenvalue weighted by atomic mass is 10.1. The summed E-state index contributed by atoms with van der Waals surface area (Å²) in [6, 6.07) is 7.97. The van der Waals surface area contributed by atoms with Gasteiger partial charge >= 0.3 is 0 Å². The molecule has 1 aromatic carbocycles. The summed E-state index contributed by atoms with van der Waals surface area (Å²) in [5.41, 5.74) is 1.14. The third kappa shape index (κ3) is 6.82. The highest BCUT2D eigenvalue weighted by Gasteiger charge is 1.99. The first-order valence-corrected chi connectivity index (χ1v) is 6.75. The third-order valence-corrected chi connectivity index (χ3v) is 2.78. The minimum atomic E-state index is -0.00589. The fraction of sp³-hybridized carbons (Fsp3) is 0.533. The van der Waals surface area contributed by atoms with Crippen molar-refractivity contribution in [1.82, 2.24) is 10.6 Å². The summed E-state index contributed by atoms with van der Waals surface area (Å²) in [7, 11) is 1.63. The topological polar surface area (TPSA) is 50.4 Å². The Bertz CT molecular complexity index is 374. The van der Waals surface area contributed by atoms with Crippen LogP contribution in [-0.4, -0.2) is 26.1 Å². The van der Waals surface area contributed by atoms with Crippen LogP contribution in [0.1, 0.15) is 25.8 Å². The van der Waals surface area contributed by atoms with Gasteiger partial charge in [0.25, 0.3) is 0 Å².